The third-order valence-corrected chi connectivity index (χ3v) is 3.59. The fraction of sp³-hybridized carbons (Fsp3) is 0.100. The van der Waals surface area contributed by atoms with Crippen LogP contribution in [0.25, 0.3) is 0 Å². The predicted molar refractivity (Wildman–Crippen MR) is 92.6 cm³/mol. The SMILES string of the molecule is O=C(COc1cccc(F)c1)NC(c1ccccc1)c1ccccn1. The van der Waals surface area contributed by atoms with Crippen molar-refractivity contribution >= 4 is 5.91 Å². The number of ether oxygens (including phenoxy) is 1. The first-order valence-electron chi connectivity index (χ1n) is 7.86. The van der Waals surface area contributed by atoms with Crippen LogP contribution in [0.1, 0.15) is 17.3 Å². The second kappa shape index (κ2) is 8.06. The van der Waals surface area contributed by atoms with E-state index in [2.05, 4.69) is 10.3 Å². The van der Waals surface area contributed by atoms with E-state index in [1.54, 1.807) is 12.3 Å². The molecular formula is C20H17FN2O2. The van der Waals surface area contributed by atoms with E-state index in [1.807, 2.05) is 48.5 Å². The molecule has 5 heteroatoms. The van der Waals surface area contributed by atoms with Crippen LogP contribution in [-0.4, -0.2) is 17.5 Å². The van der Waals surface area contributed by atoms with E-state index in [1.165, 1.54) is 18.2 Å². The van der Waals surface area contributed by atoms with Gasteiger partial charge in [-0.2, -0.15) is 0 Å². The quantitative estimate of drug-likeness (QED) is 0.749. The highest BCUT2D eigenvalue weighted by Crippen LogP contribution is 2.20. The molecule has 0 fully saturated rings. The van der Waals surface area contributed by atoms with Crippen LogP contribution in [0, 0.1) is 5.82 Å². The van der Waals surface area contributed by atoms with Crippen molar-refractivity contribution in [1.29, 1.82) is 0 Å². The number of aromatic nitrogens is 1. The van der Waals surface area contributed by atoms with E-state index in [4.69, 9.17) is 4.74 Å². The van der Waals surface area contributed by atoms with Crippen molar-refractivity contribution in [1.82, 2.24) is 10.3 Å². The van der Waals surface area contributed by atoms with Crippen molar-refractivity contribution in [2.75, 3.05) is 6.61 Å². The van der Waals surface area contributed by atoms with Gasteiger partial charge in [0.05, 0.1) is 11.7 Å². The summed E-state index contributed by atoms with van der Waals surface area (Å²) in [6.07, 6.45) is 1.68. The Kier molecular flexibility index (Phi) is 5.36. The number of hydrogen-bond donors (Lipinski definition) is 1. The van der Waals surface area contributed by atoms with Crippen LogP contribution >= 0.6 is 0 Å². The van der Waals surface area contributed by atoms with E-state index < -0.39 is 5.82 Å². The lowest BCUT2D eigenvalue weighted by molar-refractivity contribution is -0.123. The highest BCUT2D eigenvalue weighted by atomic mass is 19.1. The maximum absolute atomic E-state index is 13.2. The van der Waals surface area contributed by atoms with Crippen LogP contribution in [-0.2, 0) is 4.79 Å². The third-order valence-electron chi connectivity index (χ3n) is 3.59. The summed E-state index contributed by atoms with van der Waals surface area (Å²) < 4.78 is 18.5. The van der Waals surface area contributed by atoms with Crippen LogP contribution in [0.4, 0.5) is 4.39 Å². The van der Waals surface area contributed by atoms with Gasteiger partial charge in [0.15, 0.2) is 6.61 Å². The number of halogens is 1. The topological polar surface area (TPSA) is 51.2 Å². The van der Waals surface area contributed by atoms with E-state index in [0.717, 1.165) is 11.3 Å². The highest BCUT2D eigenvalue weighted by molar-refractivity contribution is 5.78. The van der Waals surface area contributed by atoms with Crippen LogP contribution in [0.3, 0.4) is 0 Å². The zero-order valence-electron chi connectivity index (χ0n) is 13.4. The highest BCUT2D eigenvalue weighted by Gasteiger charge is 2.18. The van der Waals surface area contributed by atoms with E-state index in [0.29, 0.717) is 5.75 Å². The number of rotatable bonds is 6. The first kappa shape index (κ1) is 16.6. The summed E-state index contributed by atoms with van der Waals surface area (Å²) in [6.45, 7) is -0.209. The van der Waals surface area contributed by atoms with E-state index in [9.17, 15) is 9.18 Å². The van der Waals surface area contributed by atoms with Crippen molar-refractivity contribution in [3.63, 3.8) is 0 Å². The van der Waals surface area contributed by atoms with Gasteiger partial charge in [-0.3, -0.25) is 9.78 Å². The number of nitrogens with zero attached hydrogens (tertiary/aromatic N) is 1. The minimum Gasteiger partial charge on any atom is -0.484 e. The summed E-state index contributed by atoms with van der Waals surface area (Å²) in [7, 11) is 0. The fourth-order valence-electron chi connectivity index (χ4n) is 2.43. The largest absolute Gasteiger partial charge is 0.484 e. The molecule has 0 saturated heterocycles. The molecule has 1 N–H and O–H groups in total. The normalized spacial score (nSPS) is 11.6. The Bertz CT molecular complexity index is 786. The molecule has 1 amide bonds. The second-order valence-electron chi connectivity index (χ2n) is 5.41. The molecule has 0 saturated carbocycles. The number of nitrogens with one attached hydrogen (secondary N) is 1. The second-order valence-corrected chi connectivity index (χ2v) is 5.41. The van der Waals surface area contributed by atoms with E-state index in [-0.39, 0.29) is 18.6 Å². The molecule has 1 atom stereocenters. The average molecular weight is 336 g/mol. The van der Waals surface area contributed by atoms with Gasteiger partial charge in [0.1, 0.15) is 11.6 Å². The van der Waals surface area contributed by atoms with Crippen LogP contribution in [0.15, 0.2) is 79.0 Å². The number of pyridine rings is 1. The standard InChI is InChI=1S/C20H17FN2O2/c21-16-9-6-10-17(13-16)25-14-19(24)23-20(15-7-2-1-3-8-15)18-11-4-5-12-22-18/h1-13,20H,14H2,(H,23,24). The molecule has 0 aliphatic rings. The molecule has 0 aliphatic heterocycles. The average Bonchev–Trinajstić information content (AvgIpc) is 2.66. The molecule has 0 bridgehead atoms. The monoisotopic (exact) mass is 336 g/mol. The van der Waals surface area contributed by atoms with Crippen molar-refractivity contribution in [3.8, 4) is 5.75 Å². The summed E-state index contributed by atoms with van der Waals surface area (Å²) in [4.78, 5) is 16.6. The predicted octanol–water partition coefficient (Wildman–Crippen LogP) is 3.51. The van der Waals surface area contributed by atoms with Crippen molar-refractivity contribution in [2.24, 2.45) is 0 Å². The first-order valence-corrected chi connectivity index (χ1v) is 7.86. The Labute approximate surface area is 145 Å². The maximum atomic E-state index is 13.2. The Hall–Kier alpha value is -3.21. The molecule has 25 heavy (non-hydrogen) atoms. The zero-order chi connectivity index (χ0) is 17.5. The van der Waals surface area contributed by atoms with Gasteiger partial charge in [0.25, 0.3) is 5.91 Å². The minimum absolute atomic E-state index is 0.209. The number of hydrogen-bond acceptors (Lipinski definition) is 3. The molecule has 0 aliphatic carbocycles. The summed E-state index contributed by atoms with van der Waals surface area (Å²) in [5.74, 6) is -0.415. The van der Waals surface area contributed by atoms with Gasteiger partial charge in [-0.05, 0) is 29.8 Å². The zero-order valence-corrected chi connectivity index (χ0v) is 13.4. The molecule has 1 aromatic heterocycles. The van der Waals surface area contributed by atoms with Gasteiger partial charge in [0, 0.05) is 12.3 Å². The van der Waals surface area contributed by atoms with Crippen LogP contribution in [0.2, 0.25) is 0 Å². The number of carbonyl (C=O) groups is 1. The van der Waals surface area contributed by atoms with Gasteiger partial charge in [-0.1, -0.05) is 42.5 Å². The summed E-state index contributed by atoms with van der Waals surface area (Å²) >= 11 is 0. The summed E-state index contributed by atoms with van der Waals surface area (Å²) in [5.41, 5.74) is 1.65. The molecule has 126 valence electrons. The smallest absolute Gasteiger partial charge is 0.258 e. The first-order chi connectivity index (χ1) is 12.2. The van der Waals surface area contributed by atoms with Crippen LogP contribution < -0.4 is 10.1 Å². The Morgan fingerprint density at radius 1 is 1.04 bits per heavy atom. The van der Waals surface area contributed by atoms with Gasteiger partial charge in [-0.15, -0.1) is 0 Å². The maximum Gasteiger partial charge on any atom is 0.258 e. The molecule has 0 radical (unpaired) electrons. The van der Waals surface area contributed by atoms with Gasteiger partial charge >= 0.3 is 0 Å². The summed E-state index contributed by atoms with van der Waals surface area (Å²) in [6, 6.07) is 20.4. The van der Waals surface area contributed by atoms with Crippen LogP contribution in [0.5, 0.6) is 5.75 Å². The number of carbonyl (C=O) groups excluding carboxylic acids is 1. The van der Waals surface area contributed by atoms with Crippen molar-refractivity contribution in [2.45, 2.75) is 6.04 Å². The van der Waals surface area contributed by atoms with Gasteiger partial charge in [0.2, 0.25) is 0 Å². The summed E-state index contributed by atoms with van der Waals surface area (Å²) in [5, 5.41) is 2.91. The Morgan fingerprint density at radius 3 is 2.56 bits per heavy atom. The van der Waals surface area contributed by atoms with Crippen molar-refractivity contribution < 1.29 is 13.9 Å². The minimum atomic E-state index is -0.409. The Balaban J connectivity index is 1.71. The molecule has 3 aromatic rings. The molecule has 3 rings (SSSR count). The van der Waals surface area contributed by atoms with Crippen molar-refractivity contribution in [3.05, 3.63) is 96.1 Å². The lowest BCUT2D eigenvalue weighted by Gasteiger charge is -2.19. The molecule has 2 aromatic carbocycles. The Morgan fingerprint density at radius 2 is 1.84 bits per heavy atom. The fourth-order valence-corrected chi connectivity index (χ4v) is 2.43. The van der Waals surface area contributed by atoms with E-state index >= 15 is 0 Å². The molecular weight excluding hydrogens is 319 g/mol. The number of amides is 1. The number of benzene rings is 2. The molecule has 0 spiro atoms. The molecule has 4 nitrogen and oxygen atoms in total. The lowest BCUT2D eigenvalue weighted by atomic mass is 10.0. The van der Waals surface area contributed by atoms with Gasteiger partial charge in [-0.25, -0.2) is 4.39 Å². The van der Waals surface area contributed by atoms with Gasteiger partial charge < -0.3 is 10.1 Å². The lowest BCUT2D eigenvalue weighted by Crippen LogP contribution is -2.33. The third kappa shape index (κ3) is 4.64. The molecule has 1 unspecified atom stereocenters. The molecule has 1 heterocycles.